The van der Waals surface area contributed by atoms with Crippen LogP contribution in [0.3, 0.4) is 0 Å². The molecule has 1 heterocycles. The van der Waals surface area contributed by atoms with Crippen LogP contribution in [-0.4, -0.2) is 29.9 Å². The summed E-state index contributed by atoms with van der Waals surface area (Å²) in [5.41, 5.74) is 6.17. The van der Waals surface area contributed by atoms with E-state index in [0.717, 1.165) is 25.9 Å². The Bertz CT molecular complexity index is 286. The maximum Gasteiger partial charge on any atom is 0.239 e. The number of hydrogen-bond acceptors (Lipinski definition) is 2. The van der Waals surface area contributed by atoms with Crippen LogP contribution in [0.5, 0.6) is 0 Å². The highest BCUT2D eigenvalue weighted by Gasteiger charge is 2.28. The number of rotatable bonds is 4. The maximum atomic E-state index is 12.4. The summed E-state index contributed by atoms with van der Waals surface area (Å²) in [7, 11) is 0. The van der Waals surface area contributed by atoms with E-state index in [1.54, 1.807) is 0 Å². The van der Waals surface area contributed by atoms with Crippen molar-refractivity contribution in [2.24, 2.45) is 17.6 Å². The fraction of sp³-hybridized carbons (Fsp3) is 0.938. The van der Waals surface area contributed by atoms with Crippen LogP contribution in [0.15, 0.2) is 0 Å². The van der Waals surface area contributed by atoms with Gasteiger partial charge >= 0.3 is 0 Å². The van der Waals surface area contributed by atoms with Crippen LogP contribution < -0.4 is 5.73 Å². The lowest BCUT2D eigenvalue weighted by atomic mass is 9.84. The summed E-state index contributed by atoms with van der Waals surface area (Å²) in [5.74, 6) is 1.60. The average molecular weight is 266 g/mol. The van der Waals surface area contributed by atoms with Gasteiger partial charge in [-0.3, -0.25) is 4.79 Å². The van der Waals surface area contributed by atoms with Crippen LogP contribution in [0.2, 0.25) is 0 Å². The predicted octanol–water partition coefficient (Wildman–Crippen LogP) is 2.93. The lowest BCUT2D eigenvalue weighted by Crippen LogP contribution is -2.48. The molecule has 0 aromatic carbocycles. The molecule has 0 aromatic heterocycles. The van der Waals surface area contributed by atoms with Crippen molar-refractivity contribution in [2.45, 2.75) is 70.8 Å². The van der Waals surface area contributed by atoms with Crippen molar-refractivity contribution in [3.05, 3.63) is 0 Å². The highest BCUT2D eigenvalue weighted by molar-refractivity contribution is 5.81. The zero-order valence-corrected chi connectivity index (χ0v) is 12.4. The predicted molar refractivity (Wildman–Crippen MR) is 78.8 cm³/mol. The first-order valence-electron chi connectivity index (χ1n) is 8.25. The number of likely N-dealkylation sites (tertiary alicyclic amines) is 1. The molecule has 19 heavy (non-hydrogen) atoms. The number of nitrogens with two attached hydrogens (primary N) is 1. The number of amides is 1. The lowest BCUT2D eigenvalue weighted by molar-refractivity contribution is -0.134. The monoisotopic (exact) mass is 266 g/mol. The average Bonchev–Trinajstić information content (AvgIpc) is 2.47. The molecule has 1 aliphatic carbocycles. The van der Waals surface area contributed by atoms with Gasteiger partial charge in [0.05, 0.1) is 6.04 Å². The van der Waals surface area contributed by atoms with Gasteiger partial charge in [0.25, 0.3) is 0 Å². The molecular formula is C16H30N2O. The Hall–Kier alpha value is -0.570. The van der Waals surface area contributed by atoms with Gasteiger partial charge in [-0.15, -0.1) is 0 Å². The third kappa shape index (κ3) is 4.20. The molecule has 0 bridgehead atoms. The molecule has 2 unspecified atom stereocenters. The van der Waals surface area contributed by atoms with E-state index in [4.69, 9.17) is 5.73 Å². The van der Waals surface area contributed by atoms with Crippen LogP contribution in [0.4, 0.5) is 0 Å². The second-order valence-electron chi connectivity index (χ2n) is 6.55. The molecule has 2 N–H and O–H groups in total. The van der Waals surface area contributed by atoms with E-state index in [-0.39, 0.29) is 11.9 Å². The Morgan fingerprint density at radius 2 is 1.84 bits per heavy atom. The molecular weight excluding hydrogens is 236 g/mol. The topological polar surface area (TPSA) is 46.3 Å². The van der Waals surface area contributed by atoms with Gasteiger partial charge in [-0.1, -0.05) is 45.4 Å². The third-order valence-electron chi connectivity index (χ3n) is 5.04. The molecule has 2 fully saturated rings. The van der Waals surface area contributed by atoms with Gasteiger partial charge in [-0.05, 0) is 31.1 Å². The first-order chi connectivity index (χ1) is 9.20. The minimum Gasteiger partial charge on any atom is -0.341 e. The van der Waals surface area contributed by atoms with Gasteiger partial charge < -0.3 is 10.6 Å². The zero-order chi connectivity index (χ0) is 13.7. The normalized spacial score (nSPS) is 27.3. The zero-order valence-electron chi connectivity index (χ0n) is 12.4. The van der Waals surface area contributed by atoms with E-state index in [2.05, 4.69) is 6.92 Å². The second kappa shape index (κ2) is 7.28. The van der Waals surface area contributed by atoms with Crippen LogP contribution >= 0.6 is 0 Å². The van der Waals surface area contributed by atoms with E-state index in [9.17, 15) is 4.79 Å². The SMILES string of the molecule is CCC1CCCN(C(=O)C(N)CC2CCCCC2)C1. The van der Waals surface area contributed by atoms with Crippen molar-refractivity contribution in [1.82, 2.24) is 4.90 Å². The number of hydrogen-bond donors (Lipinski definition) is 1. The van der Waals surface area contributed by atoms with Crippen molar-refractivity contribution in [1.29, 1.82) is 0 Å². The quantitative estimate of drug-likeness (QED) is 0.850. The van der Waals surface area contributed by atoms with E-state index in [1.165, 1.54) is 44.9 Å². The Morgan fingerprint density at radius 1 is 1.16 bits per heavy atom. The largest absolute Gasteiger partial charge is 0.341 e. The minimum atomic E-state index is -0.251. The number of carbonyl (C=O) groups excluding carboxylic acids is 1. The van der Waals surface area contributed by atoms with E-state index < -0.39 is 0 Å². The highest BCUT2D eigenvalue weighted by Crippen LogP contribution is 2.28. The minimum absolute atomic E-state index is 0.212. The molecule has 2 aliphatic rings. The van der Waals surface area contributed by atoms with Crippen LogP contribution in [-0.2, 0) is 4.79 Å². The fourth-order valence-corrected chi connectivity index (χ4v) is 3.72. The van der Waals surface area contributed by atoms with Crippen molar-refractivity contribution >= 4 is 5.91 Å². The van der Waals surface area contributed by atoms with Crippen LogP contribution in [0, 0.1) is 11.8 Å². The van der Waals surface area contributed by atoms with E-state index in [0.29, 0.717) is 11.8 Å². The van der Waals surface area contributed by atoms with Gasteiger partial charge in [-0.2, -0.15) is 0 Å². The summed E-state index contributed by atoms with van der Waals surface area (Å²) in [4.78, 5) is 14.5. The smallest absolute Gasteiger partial charge is 0.239 e. The Balaban J connectivity index is 1.80. The Morgan fingerprint density at radius 3 is 2.53 bits per heavy atom. The summed E-state index contributed by atoms with van der Waals surface area (Å²) < 4.78 is 0. The number of piperidine rings is 1. The molecule has 0 spiro atoms. The molecule has 110 valence electrons. The molecule has 3 nitrogen and oxygen atoms in total. The summed E-state index contributed by atoms with van der Waals surface area (Å²) in [5, 5.41) is 0. The van der Waals surface area contributed by atoms with Gasteiger partial charge in [0, 0.05) is 13.1 Å². The molecule has 2 atom stereocenters. The summed E-state index contributed by atoms with van der Waals surface area (Å²) in [6, 6.07) is -0.251. The summed E-state index contributed by atoms with van der Waals surface area (Å²) in [6.07, 6.45) is 11.1. The first-order valence-corrected chi connectivity index (χ1v) is 8.25. The summed E-state index contributed by atoms with van der Waals surface area (Å²) >= 11 is 0. The number of nitrogens with zero attached hydrogens (tertiary/aromatic N) is 1. The van der Waals surface area contributed by atoms with Crippen LogP contribution in [0.25, 0.3) is 0 Å². The van der Waals surface area contributed by atoms with E-state index in [1.807, 2.05) is 4.90 Å². The van der Waals surface area contributed by atoms with Gasteiger partial charge in [0.1, 0.15) is 0 Å². The molecule has 1 aliphatic heterocycles. The second-order valence-corrected chi connectivity index (χ2v) is 6.55. The van der Waals surface area contributed by atoms with E-state index >= 15 is 0 Å². The number of carbonyl (C=O) groups is 1. The van der Waals surface area contributed by atoms with Crippen molar-refractivity contribution < 1.29 is 4.79 Å². The molecule has 0 aromatic rings. The molecule has 1 saturated heterocycles. The standard InChI is InChI=1S/C16H30N2O/c1-2-13-9-6-10-18(12-13)16(19)15(17)11-14-7-4-3-5-8-14/h13-15H,2-12,17H2,1H3. The van der Waals surface area contributed by atoms with Crippen molar-refractivity contribution in [2.75, 3.05) is 13.1 Å². The molecule has 3 heteroatoms. The summed E-state index contributed by atoms with van der Waals surface area (Å²) in [6.45, 7) is 4.09. The molecule has 1 saturated carbocycles. The molecule has 0 radical (unpaired) electrons. The van der Waals surface area contributed by atoms with Crippen LogP contribution in [0.1, 0.15) is 64.7 Å². The first kappa shape index (κ1) is 14.8. The van der Waals surface area contributed by atoms with Crippen molar-refractivity contribution in [3.8, 4) is 0 Å². The van der Waals surface area contributed by atoms with Gasteiger partial charge in [0.15, 0.2) is 0 Å². The Kier molecular flexibility index (Phi) is 5.68. The Labute approximate surface area is 117 Å². The molecule has 1 amide bonds. The lowest BCUT2D eigenvalue weighted by Gasteiger charge is -2.34. The fourth-order valence-electron chi connectivity index (χ4n) is 3.72. The maximum absolute atomic E-state index is 12.4. The van der Waals surface area contributed by atoms with Crippen molar-refractivity contribution in [3.63, 3.8) is 0 Å². The van der Waals surface area contributed by atoms with Gasteiger partial charge in [-0.25, -0.2) is 0 Å². The van der Waals surface area contributed by atoms with Gasteiger partial charge in [0.2, 0.25) is 5.91 Å². The molecule has 2 rings (SSSR count). The highest BCUT2D eigenvalue weighted by atomic mass is 16.2. The third-order valence-corrected chi connectivity index (χ3v) is 5.04.